The summed E-state index contributed by atoms with van der Waals surface area (Å²) in [6.45, 7) is 0. The number of thioether (sulfide) groups is 1. The van der Waals surface area contributed by atoms with E-state index in [4.69, 9.17) is 0 Å². The van der Waals surface area contributed by atoms with Crippen molar-refractivity contribution in [1.82, 2.24) is 5.43 Å². The van der Waals surface area contributed by atoms with E-state index in [1.54, 1.807) is 11.8 Å². The highest BCUT2D eigenvalue weighted by atomic mass is 79.9. The van der Waals surface area contributed by atoms with Gasteiger partial charge in [-0.1, -0.05) is 28.1 Å². The number of nitrogens with zero attached hydrogens (tertiary/aromatic N) is 1. The molecule has 1 N–H and O–H groups in total. The second-order valence-corrected chi connectivity index (χ2v) is 6.44. The molecule has 0 spiro atoms. The van der Waals surface area contributed by atoms with Crippen LogP contribution in [0.3, 0.4) is 0 Å². The van der Waals surface area contributed by atoms with E-state index in [1.165, 1.54) is 18.4 Å². The lowest BCUT2D eigenvalue weighted by Crippen LogP contribution is -2.21. The Hall–Kier alpha value is -0.810. The predicted molar refractivity (Wildman–Crippen MR) is 84.3 cm³/mol. The Balaban J connectivity index is 1.67. The third-order valence-corrected chi connectivity index (χ3v) is 4.41. The highest BCUT2D eigenvalue weighted by Crippen LogP contribution is 2.17. The van der Waals surface area contributed by atoms with Gasteiger partial charge in [0.05, 0.1) is 5.75 Å². The van der Waals surface area contributed by atoms with Gasteiger partial charge in [-0.2, -0.15) is 5.10 Å². The van der Waals surface area contributed by atoms with Gasteiger partial charge in [0.2, 0.25) is 5.91 Å². The van der Waals surface area contributed by atoms with E-state index in [0.717, 1.165) is 28.8 Å². The highest BCUT2D eigenvalue weighted by molar-refractivity contribution is 9.10. The van der Waals surface area contributed by atoms with Crippen LogP contribution in [0.4, 0.5) is 0 Å². The average Bonchev–Trinajstić information content (AvgIpc) is 2.89. The third-order valence-electron chi connectivity index (χ3n) is 2.91. The zero-order valence-electron chi connectivity index (χ0n) is 10.7. The molecule has 5 heteroatoms. The number of amides is 1. The predicted octanol–water partition coefficient (Wildman–Crippen LogP) is 3.73. The number of hydrogen-bond acceptors (Lipinski definition) is 3. The monoisotopic (exact) mass is 340 g/mol. The van der Waals surface area contributed by atoms with E-state index in [9.17, 15) is 4.79 Å². The van der Waals surface area contributed by atoms with Crippen molar-refractivity contribution >= 4 is 39.3 Å². The zero-order chi connectivity index (χ0) is 13.5. The van der Waals surface area contributed by atoms with Crippen LogP contribution in [0.5, 0.6) is 0 Å². The summed E-state index contributed by atoms with van der Waals surface area (Å²) in [6.07, 6.45) is 4.47. The maximum atomic E-state index is 11.6. The van der Waals surface area contributed by atoms with Gasteiger partial charge in [0, 0.05) is 15.9 Å². The normalized spacial score (nSPS) is 14.5. The molecule has 1 aromatic rings. The van der Waals surface area contributed by atoms with E-state index < -0.39 is 0 Å². The Morgan fingerprint density at radius 1 is 1.37 bits per heavy atom. The molecule has 1 amide bonds. The molecule has 0 unspecified atom stereocenters. The smallest absolute Gasteiger partial charge is 0.250 e. The van der Waals surface area contributed by atoms with Crippen LogP contribution in [-0.4, -0.2) is 17.4 Å². The molecule has 1 aromatic carbocycles. The Morgan fingerprint density at radius 3 is 2.89 bits per heavy atom. The van der Waals surface area contributed by atoms with Crippen molar-refractivity contribution in [2.45, 2.75) is 31.4 Å². The fourth-order valence-corrected chi connectivity index (χ4v) is 3.17. The first-order valence-corrected chi connectivity index (χ1v) is 8.35. The average molecular weight is 341 g/mol. The summed E-state index contributed by atoms with van der Waals surface area (Å²) in [5.74, 6) is 1.27. The summed E-state index contributed by atoms with van der Waals surface area (Å²) >= 11 is 5.04. The van der Waals surface area contributed by atoms with Crippen LogP contribution >= 0.6 is 27.7 Å². The molecule has 0 bridgehead atoms. The molecule has 0 heterocycles. The van der Waals surface area contributed by atoms with Gasteiger partial charge in [0.15, 0.2) is 0 Å². The Kier molecular flexibility index (Phi) is 5.92. The Labute approximate surface area is 126 Å². The molecule has 1 saturated carbocycles. The Bertz CT molecular complexity index is 468. The molecule has 0 saturated heterocycles. The van der Waals surface area contributed by atoms with E-state index in [2.05, 4.69) is 38.6 Å². The van der Waals surface area contributed by atoms with E-state index >= 15 is 0 Å². The fourth-order valence-electron chi connectivity index (χ4n) is 1.96. The second-order valence-electron chi connectivity index (χ2n) is 4.54. The number of carbonyl (C=O) groups is 1. The van der Waals surface area contributed by atoms with Crippen LogP contribution in [-0.2, 0) is 10.5 Å². The second kappa shape index (κ2) is 7.70. The van der Waals surface area contributed by atoms with Gasteiger partial charge in [-0.25, -0.2) is 5.43 Å². The van der Waals surface area contributed by atoms with Crippen molar-refractivity contribution in [3.8, 4) is 0 Å². The van der Waals surface area contributed by atoms with Gasteiger partial charge >= 0.3 is 0 Å². The van der Waals surface area contributed by atoms with Gasteiger partial charge < -0.3 is 0 Å². The van der Waals surface area contributed by atoms with Gasteiger partial charge in [-0.05, 0) is 43.4 Å². The SMILES string of the molecule is O=C(CSCc1cccc(Br)c1)NN=C1CCCC1. The fraction of sp³-hybridized carbons (Fsp3) is 0.429. The lowest BCUT2D eigenvalue weighted by Gasteiger charge is -2.03. The minimum absolute atomic E-state index is 0.0144. The molecular formula is C14H17BrN2OS. The number of nitrogens with one attached hydrogen (secondary N) is 1. The first kappa shape index (κ1) is 14.6. The third kappa shape index (κ3) is 5.37. The number of halogens is 1. The summed E-state index contributed by atoms with van der Waals surface area (Å²) in [4.78, 5) is 11.6. The topological polar surface area (TPSA) is 41.5 Å². The molecule has 1 aliphatic rings. The minimum atomic E-state index is -0.0144. The van der Waals surface area contributed by atoms with E-state index in [1.807, 2.05) is 12.1 Å². The van der Waals surface area contributed by atoms with Crippen LogP contribution in [0.15, 0.2) is 33.8 Å². The van der Waals surface area contributed by atoms with Crippen LogP contribution in [0, 0.1) is 0 Å². The molecule has 0 aliphatic heterocycles. The van der Waals surface area contributed by atoms with Crippen LogP contribution in [0.1, 0.15) is 31.2 Å². The summed E-state index contributed by atoms with van der Waals surface area (Å²) in [5.41, 5.74) is 4.99. The lowest BCUT2D eigenvalue weighted by atomic mass is 10.2. The van der Waals surface area contributed by atoms with Gasteiger partial charge in [0.1, 0.15) is 0 Å². The van der Waals surface area contributed by atoms with Crippen molar-refractivity contribution in [3.05, 3.63) is 34.3 Å². The lowest BCUT2D eigenvalue weighted by molar-refractivity contribution is -0.118. The molecule has 2 rings (SSSR count). The first-order valence-electron chi connectivity index (χ1n) is 6.40. The largest absolute Gasteiger partial charge is 0.272 e. The first-order chi connectivity index (χ1) is 9.24. The molecule has 3 nitrogen and oxygen atoms in total. The number of hydrazone groups is 1. The standard InChI is InChI=1S/C14H17BrN2OS/c15-12-5-3-4-11(8-12)9-19-10-14(18)17-16-13-6-1-2-7-13/h3-5,8H,1-2,6-7,9-10H2,(H,17,18). The molecule has 102 valence electrons. The van der Waals surface area contributed by atoms with Gasteiger partial charge in [-0.15, -0.1) is 11.8 Å². The molecule has 0 radical (unpaired) electrons. The van der Waals surface area contributed by atoms with Gasteiger partial charge in [0.25, 0.3) is 0 Å². The highest BCUT2D eigenvalue weighted by Gasteiger charge is 2.08. The van der Waals surface area contributed by atoms with Crippen LogP contribution < -0.4 is 5.43 Å². The van der Waals surface area contributed by atoms with Crippen molar-refractivity contribution in [2.24, 2.45) is 5.10 Å². The summed E-state index contributed by atoms with van der Waals surface area (Å²) in [7, 11) is 0. The van der Waals surface area contributed by atoms with Crippen molar-refractivity contribution in [2.75, 3.05) is 5.75 Å². The van der Waals surface area contributed by atoms with E-state index in [0.29, 0.717) is 5.75 Å². The number of carbonyl (C=O) groups excluding carboxylic acids is 1. The molecule has 0 aromatic heterocycles. The quantitative estimate of drug-likeness (QED) is 0.829. The van der Waals surface area contributed by atoms with Gasteiger partial charge in [-0.3, -0.25) is 4.79 Å². The molecule has 0 atom stereocenters. The number of benzene rings is 1. The maximum absolute atomic E-state index is 11.6. The van der Waals surface area contributed by atoms with Crippen molar-refractivity contribution in [1.29, 1.82) is 0 Å². The Morgan fingerprint density at radius 2 is 2.16 bits per heavy atom. The summed E-state index contributed by atoms with van der Waals surface area (Å²) in [5, 5.41) is 4.16. The minimum Gasteiger partial charge on any atom is -0.272 e. The van der Waals surface area contributed by atoms with Crippen LogP contribution in [0.2, 0.25) is 0 Å². The zero-order valence-corrected chi connectivity index (χ0v) is 13.1. The number of hydrogen-bond donors (Lipinski definition) is 1. The van der Waals surface area contributed by atoms with Crippen molar-refractivity contribution < 1.29 is 4.79 Å². The molecule has 19 heavy (non-hydrogen) atoms. The van der Waals surface area contributed by atoms with Crippen LogP contribution in [0.25, 0.3) is 0 Å². The molecule has 1 fully saturated rings. The summed E-state index contributed by atoms with van der Waals surface area (Å²) < 4.78 is 1.07. The summed E-state index contributed by atoms with van der Waals surface area (Å²) in [6, 6.07) is 8.14. The van der Waals surface area contributed by atoms with E-state index in [-0.39, 0.29) is 5.91 Å². The molecular weight excluding hydrogens is 324 g/mol. The van der Waals surface area contributed by atoms with Crippen molar-refractivity contribution in [3.63, 3.8) is 0 Å². The maximum Gasteiger partial charge on any atom is 0.250 e. The molecule has 1 aliphatic carbocycles. The number of rotatable bonds is 5.